The van der Waals surface area contributed by atoms with Crippen LogP contribution in [-0.4, -0.2) is 36.1 Å². The number of guanidine groups is 1. The molecule has 0 aliphatic heterocycles. The molecule has 146 valence electrons. The lowest BCUT2D eigenvalue weighted by Gasteiger charge is -2.18. The number of benzene rings is 1. The van der Waals surface area contributed by atoms with Gasteiger partial charge in [-0.2, -0.15) is 5.10 Å². The van der Waals surface area contributed by atoms with Gasteiger partial charge in [-0.05, 0) is 18.6 Å². The molecule has 0 spiro atoms. The lowest BCUT2D eigenvalue weighted by molar-refractivity contribution is 0.112. The zero-order valence-electron chi connectivity index (χ0n) is 14.9. The molecule has 0 aliphatic carbocycles. The van der Waals surface area contributed by atoms with E-state index in [-0.39, 0.29) is 23.0 Å². The molecule has 0 amide bonds. The standard InChI is InChI=1S/C17H19F4N5O/c1-9(10-4-5-11(15(20)21)13(19)6-10)26-16(24-17(22-2)23-3)12(8-27)14(7-18)25-26/h4-6,8-9,15H,7H2,1-3H3,(H2,22,23,24). The maximum absolute atomic E-state index is 13.9. The highest BCUT2D eigenvalue weighted by Crippen LogP contribution is 2.30. The minimum absolute atomic E-state index is 0.00887. The van der Waals surface area contributed by atoms with Gasteiger partial charge in [-0.25, -0.2) is 22.2 Å². The van der Waals surface area contributed by atoms with E-state index in [1.165, 1.54) is 17.8 Å². The Hall–Kier alpha value is -2.91. The highest BCUT2D eigenvalue weighted by atomic mass is 19.3. The molecule has 6 nitrogen and oxygen atoms in total. The van der Waals surface area contributed by atoms with Gasteiger partial charge < -0.3 is 10.6 Å². The fourth-order valence-electron chi connectivity index (χ4n) is 2.59. The molecule has 10 heteroatoms. The quantitative estimate of drug-likeness (QED) is 0.346. The van der Waals surface area contributed by atoms with Crippen LogP contribution in [0.3, 0.4) is 0 Å². The van der Waals surface area contributed by atoms with Crippen molar-refractivity contribution in [1.82, 2.24) is 15.1 Å². The molecule has 2 aromatic rings. The number of halogens is 4. The Kier molecular flexibility index (Phi) is 6.54. The Bertz CT molecular complexity index is 850. The Morgan fingerprint density at radius 1 is 1.41 bits per heavy atom. The van der Waals surface area contributed by atoms with Crippen LogP contribution in [0.4, 0.5) is 23.4 Å². The van der Waals surface area contributed by atoms with Gasteiger partial charge >= 0.3 is 0 Å². The van der Waals surface area contributed by atoms with Crippen molar-refractivity contribution in [3.63, 3.8) is 0 Å². The third-order valence-corrected chi connectivity index (χ3v) is 4.07. The minimum atomic E-state index is -2.94. The number of alkyl halides is 3. The fourth-order valence-corrected chi connectivity index (χ4v) is 2.59. The molecule has 0 radical (unpaired) electrons. The number of carbonyl (C=O) groups is 1. The molecule has 1 unspecified atom stereocenters. The molecule has 1 heterocycles. The van der Waals surface area contributed by atoms with Crippen molar-refractivity contribution in [3.05, 3.63) is 46.4 Å². The second-order valence-electron chi connectivity index (χ2n) is 5.61. The number of nitrogens with one attached hydrogen (secondary N) is 2. The van der Waals surface area contributed by atoms with E-state index in [2.05, 4.69) is 20.7 Å². The average Bonchev–Trinajstić information content (AvgIpc) is 3.02. The molecular formula is C17H19F4N5O. The maximum atomic E-state index is 13.9. The number of anilines is 1. The predicted octanol–water partition coefficient (Wildman–Crippen LogP) is 3.47. The summed E-state index contributed by atoms with van der Waals surface area (Å²) in [5, 5.41) is 9.68. The monoisotopic (exact) mass is 385 g/mol. The van der Waals surface area contributed by atoms with E-state index in [4.69, 9.17) is 0 Å². The number of carbonyl (C=O) groups excluding carboxylic acids is 1. The van der Waals surface area contributed by atoms with Crippen LogP contribution in [0.25, 0.3) is 0 Å². The van der Waals surface area contributed by atoms with Crippen LogP contribution in [0, 0.1) is 5.82 Å². The van der Waals surface area contributed by atoms with E-state index in [0.717, 1.165) is 12.1 Å². The summed E-state index contributed by atoms with van der Waals surface area (Å²) >= 11 is 0. The summed E-state index contributed by atoms with van der Waals surface area (Å²) in [6.45, 7) is 0.632. The third-order valence-electron chi connectivity index (χ3n) is 4.07. The van der Waals surface area contributed by atoms with Gasteiger partial charge in [-0.3, -0.25) is 9.79 Å². The lowest BCUT2D eigenvalue weighted by Crippen LogP contribution is -2.29. The van der Waals surface area contributed by atoms with Gasteiger partial charge in [0.05, 0.1) is 17.2 Å². The molecule has 2 rings (SSSR count). The maximum Gasteiger partial charge on any atom is 0.266 e. The van der Waals surface area contributed by atoms with Gasteiger partial charge in [0.25, 0.3) is 6.43 Å². The van der Waals surface area contributed by atoms with Crippen LogP contribution in [0.5, 0.6) is 0 Å². The van der Waals surface area contributed by atoms with Crippen molar-refractivity contribution in [1.29, 1.82) is 0 Å². The average molecular weight is 385 g/mol. The molecule has 1 aromatic heterocycles. The Labute approximate surface area is 153 Å². The summed E-state index contributed by atoms with van der Waals surface area (Å²) in [5.41, 5.74) is -0.496. The lowest BCUT2D eigenvalue weighted by atomic mass is 10.1. The van der Waals surface area contributed by atoms with Crippen LogP contribution in [0.2, 0.25) is 0 Å². The van der Waals surface area contributed by atoms with E-state index in [1.807, 2.05) is 0 Å². The first-order valence-corrected chi connectivity index (χ1v) is 7.99. The Balaban J connectivity index is 2.54. The summed E-state index contributed by atoms with van der Waals surface area (Å²) in [5.74, 6) is -0.613. The molecule has 2 N–H and O–H groups in total. The van der Waals surface area contributed by atoms with Crippen LogP contribution in [-0.2, 0) is 6.67 Å². The summed E-state index contributed by atoms with van der Waals surface area (Å²) in [7, 11) is 3.09. The minimum Gasteiger partial charge on any atom is -0.359 e. The van der Waals surface area contributed by atoms with Crippen LogP contribution in [0.1, 0.15) is 46.6 Å². The number of aliphatic imine (C=N–C) groups is 1. The Morgan fingerprint density at radius 2 is 2.11 bits per heavy atom. The first-order valence-electron chi connectivity index (χ1n) is 7.99. The van der Waals surface area contributed by atoms with Crippen molar-refractivity contribution in [2.75, 3.05) is 19.4 Å². The summed E-state index contributed by atoms with van der Waals surface area (Å²) in [6, 6.07) is 2.62. The van der Waals surface area contributed by atoms with Gasteiger partial charge in [-0.1, -0.05) is 12.1 Å². The highest BCUT2D eigenvalue weighted by molar-refractivity contribution is 5.97. The van der Waals surface area contributed by atoms with E-state index in [0.29, 0.717) is 11.8 Å². The molecule has 0 bridgehead atoms. The highest BCUT2D eigenvalue weighted by Gasteiger charge is 2.24. The van der Waals surface area contributed by atoms with E-state index in [1.54, 1.807) is 14.0 Å². The van der Waals surface area contributed by atoms with E-state index >= 15 is 0 Å². The van der Waals surface area contributed by atoms with Crippen LogP contribution >= 0.6 is 0 Å². The molecule has 0 saturated heterocycles. The SMILES string of the molecule is CN=C(NC)Nc1c(C=O)c(CF)nn1C(C)c1ccc(C(F)F)c(F)c1. The second kappa shape index (κ2) is 8.65. The Morgan fingerprint density at radius 3 is 2.59 bits per heavy atom. The molecule has 1 atom stereocenters. The topological polar surface area (TPSA) is 71.3 Å². The molecule has 0 aliphatic rings. The summed E-state index contributed by atoms with van der Waals surface area (Å²) < 4.78 is 54.0. The van der Waals surface area contributed by atoms with Gasteiger partial charge in [0, 0.05) is 14.1 Å². The van der Waals surface area contributed by atoms with Gasteiger partial charge in [0.2, 0.25) is 0 Å². The van der Waals surface area contributed by atoms with E-state index < -0.39 is 30.5 Å². The number of hydrogen-bond donors (Lipinski definition) is 2. The molecular weight excluding hydrogens is 366 g/mol. The fraction of sp³-hybridized carbons (Fsp3) is 0.353. The van der Waals surface area contributed by atoms with Crippen molar-refractivity contribution in [2.24, 2.45) is 4.99 Å². The normalized spacial score (nSPS) is 13.0. The van der Waals surface area contributed by atoms with Crippen molar-refractivity contribution < 1.29 is 22.4 Å². The molecule has 1 aromatic carbocycles. The number of nitrogens with zero attached hydrogens (tertiary/aromatic N) is 3. The first-order chi connectivity index (χ1) is 12.9. The summed E-state index contributed by atoms with van der Waals surface area (Å²) in [6.07, 6.45) is -2.48. The van der Waals surface area contributed by atoms with Crippen LogP contribution < -0.4 is 10.6 Å². The number of hydrogen-bond acceptors (Lipinski definition) is 3. The van der Waals surface area contributed by atoms with Crippen molar-refractivity contribution in [2.45, 2.75) is 26.1 Å². The predicted molar refractivity (Wildman–Crippen MR) is 93.6 cm³/mol. The first kappa shape index (κ1) is 20.4. The number of aldehydes is 1. The van der Waals surface area contributed by atoms with E-state index in [9.17, 15) is 22.4 Å². The molecule has 27 heavy (non-hydrogen) atoms. The van der Waals surface area contributed by atoms with Gasteiger partial charge in [-0.15, -0.1) is 0 Å². The third kappa shape index (κ3) is 4.09. The second-order valence-corrected chi connectivity index (χ2v) is 5.61. The van der Waals surface area contributed by atoms with Crippen molar-refractivity contribution >= 4 is 18.1 Å². The van der Waals surface area contributed by atoms with Crippen LogP contribution in [0.15, 0.2) is 23.2 Å². The molecule has 0 saturated carbocycles. The number of rotatable bonds is 6. The zero-order chi connectivity index (χ0) is 20.1. The van der Waals surface area contributed by atoms with Crippen molar-refractivity contribution in [3.8, 4) is 0 Å². The number of aromatic nitrogens is 2. The summed E-state index contributed by atoms with van der Waals surface area (Å²) in [4.78, 5) is 15.4. The smallest absolute Gasteiger partial charge is 0.266 e. The van der Waals surface area contributed by atoms with Gasteiger partial charge in [0.15, 0.2) is 12.2 Å². The zero-order valence-corrected chi connectivity index (χ0v) is 14.9. The largest absolute Gasteiger partial charge is 0.359 e. The molecule has 0 fully saturated rings. The van der Waals surface area contributed by atoms with Gasteiger partial charge in [0.1, 0.15) is 24.0 Å².